The molecule has 3 saturated carbocycles. The Morgan fingerprint density at radius 2 is 1.97 bits per heavy atom. The van der Waals surface area contributed by atoms with E-state index in [4.69, 9.17) is 0 Å². The van der Waals surface area contributed by atoms with Crippen LogP contribution >= 0.6 is 0 Å². The number of aliphatic hydroxyl groups is 4. The highest BCUT2D eigenvalue weighted by atomic mass is 16.5. The zero-order chi connectivity index (χ0) is 21.4. The topological polar surface area (TPSA) is 115 Å². The third-order valence-electron chi connectivity index (χ3n) is 8.58. The molecule has 6 heteroatoms. The van der Waals surface area contributed by atoms with Gasteiger partial charge in [0, 0.05) is 11.3 Å². The number of Topliss-reactive ketones (excluding diaryl/α,β-unsaturated/α-hetero) is 1. The molecular formula is C23H32O6. The van der Waals surface area contributed by atoms with Gasteiger partial charge in [-0.15, -0.1) is 0 Å². The van der Waals surface area contributed by atoms with E-state index >= 15 is 0 Å². The summed E-state index contributed by atoms with van der Waals surface area (Å²) in [6, 6.07) is 0. The summed E-state index contributed by atoms with van der Waals surface area (Å²) in [6.45, 7) is 6.26. The van der Waals surface area contributed by atoms with E-state index in [-0.39, 0.29) is 47.7 Å². The fourth-order valence-electron chi connectivity index (χ4n) is 7.55. The molecule has 3 fully saturated rings. The van der Waals surface area contributed by atoms with Gasteiger partial charge in [0.25, 0.3) is 0 Å². The van der Waals surface area contributed by atoms with Gasteiger partial charge < -0.3 is 20.4 Å². The van der Waals surface area contributed by atoms with Crippen LogP contribution < -0.4 is 0 Å². The molecule has 8 atom stereocenters. The van der Waals surface area contributed by atoms with E-state index in [1.165, 1.54) is 0 Å². The fraction of sp³-hybridized carbons (Fsp3) is 0.739. The van der Waals surface area contributed by atoms with Crippen molar-refractivity contribution in [2.75, 3.05) is 0 Å². The lowest BCUT2D eigenvalue weighted by molar-refractivity contribution is -0.193. The lowest BCUT2D eigenvalue weighted by atomic mass is 9.42. The molecule has 4 aliphatic rings. The molecule has 29 heavy (non-hydrogen) atoms. The van der Waals surface area contributed by atoms with Gasteiger partial charge in [0.05, 0.1) is 6.10 Å². The predicted molar refractivity (Wildman–Crippen MR) is 105 cm³/mol. The normalized spacial score (nSPS) is 49.2. The van der Waals surface area contributed by atoms with Crippen LogP contribution in [0.3, 0.4) is 0 Å². The van der Waals surface area contributed by atoms with E-state index < -0.39 is 29.2 Å². The zero-order valence-corrected chi connectivity index (χ0v) is 17.3. The first-order valence-corrected chi connectivity index (χ1v) is 10.7. The lowest BCUT2D eigenvalue weighted by Gasteiger charge is -2.63. The molecular weight excluding hydrogens is 372 g/mol. The second-order valence-corrected chi connectivity index (χ2v) is 10.5. The second-order valence-electron chi connectivity index (χ2n) is 10.5. The Kier molecular flexibility index (Phi) is 4.74. The van der Waals surface area contributed by atoms with Crippen molar-refractivity contribution in [3.63, 3.8) is 0 Å². The van der Waals surface area contributed by atoms with Crippen molar-refractivity contribution in [3.05, 3.63) is 23.8 Å². The molecule has 4 aliphatic carbocycles. The van der Waals surface area contributed by atoms with E-state index in [0.29, 0.717) is 12.8 Å². The van der Waals surface area contributed by atoms with Crippen molar-refractivity contribution < 1.29 is 30.0 Å². The minimum atomic E-state index is -2.19. The smallest absolute Gasteiger partial charge is 0.219 e. The molecule has 160 valence electrons. The number of rotatable bonds is 2. The van der Waals surface area contributed by atoms with Crippen LogP contribution in [0.15, 0.2) is 23.8 Å². The van der Waals surface area contributed by atoms with Gasteiger partial charge in [0.1, 0.15) is 5.60 Å². The molecule has 0 radical (unpaired) electrons. The summed E-state index contributed by atoms with van der Waals surface area (Å²) < 4.78 is 0. The van der Waals surface area contributed by atoms with Crippen LogP contribution in [0.2, 0.25) is 0 Å². The Morgan fingerprint density at radius 3 is 2.62 bits per heavy atom. The second kappa shape index (κ2) is 6.58. The monoisotopic (exact) mass is 404 g/mol. The molecule has 0 aromatic carbocycles. The number of carbonyl (C=O) groups excluding carboxylic acids is 2. The minimum Gasteiger partial charge on any atom is -0.393 e. The summed E-state index contributed by atoms with van der Waals surface area (Å²) in [5.74, 6) is -0.327. The Labute approximate surface area is 171 Å². The van der Waals surface area contributed by atoms with E-state index in [2.05, 4.69) is 13.8 Å². The highest BCUT2D eigenvalue weighted by Crippen LogP contribution is 2.65. The van der Waals surface area contributed by atoms with Crippen molar-refractivity contribution in [1.29, 1.82) is 0 Å². The predicted octanol–water partition coefficient (Wildman–Crippen LogP) is 1.51. The quantitative estimate of drug-likeness (QED) is 0.519. The van der Waals surface area contributed by atoms with Gasteiger partial charge in [-0.2, -0.15) is 0 Å². The summed E-state index contributed by atoms with van der Waals surface area (Å²) in [4.78, 5) is 24.3. The highest BCUT2D eigenvalue weighted by Gasteiger charge is 2.62. The van der Waals surface area contributed by atoms with Gasteiger partial charge in [-0.25, -0.2) is 0 Å². The number of hydrogen-bond donors (Lipinski definition) is 4. The van der Waals surface area contributed by atoms with Crippen molar-refractivity contribution in [1.82, 2.24) is 0 Å². The van der Waals surface area contributed by atoms with E-state index in [0.717, 1.165) is 12.0 Å². The van der Waals surface area contributed by atoms with Crippen LogP contribution in [0.25, 0.3) is 0 Å². The molecule has 4 rings (SSSR count). The molecule has 0 bridgehead atoms. The van der Waals surface area contributed by atoms with E-state index in [1.54, 1.807) is 12.2 Å². The molecule has 0 saturated heterocycles. The summed E-state index contributed by atoms with van der Waals surface area (Å²) >= 11 is 0. The van der Waals surface area contributed by atoms with Gasteiger partial charge in [-0.1, -0.05) is 32.4 Å². The van der Waals surface area contributed by atoms with Crippen molar-refractivity contribution in [2.24, 2.45) is 34.5 Å². The molecule has 0 aliphatic heterocycles. The number of hydrogen-bond acceptors (Lipinski definition) is 6. The Balaban J connectivity index is 1.70. The van der Waals surface area contributed by atoms with Crippen LogP contribution in [0.4, 0.5) is 0 Å². The van der Waals surface area contributed by atoms with Crippen LogP contribution in [-0.2, 0) is 9.59 Å². The first kappa shape index (κ1) is 20.9. The maximum Gasteiger partial charge on any atom is 0.219 e. The summed E-state index contributed by atoms with van der Waals surface area (Å²) in [6.07, 6.45) is 4.73. The number of fused-ring (bicyclic) bond motifs is 5. The Bertz CT molecular complexity index is 799. The Morgan fingerprint density at radius 1 is 1.28 bits per heavy atom. The van der Waals surface area contributed by atoms with Crippen LogP contribution in [0.5, 0.6) is 0 Å². The van der Waals surface area contributed by atoms with Crippen molar-refractivity contribution >= 4 is 11.6 Å². The summed E-state index contributed by atoms with van der Waals surface area (Å²) in [5, 5.41) is 40.8. The average Bonchev–Trinajstić information content (AvgIpc) is 2.61. The minimum absolute atomic E-state index is 0.00159. The van der Waals surface area contributed by atoms with Crippen LogP contribution in [-0.4, -0.2) is 50.0 Å². The molecule has 6 nitrogen and oxygen atoms in total. The Hall–Kier alpha value is -1.34. The van der Waals surface area contributed by atoms with E-state index in [9.17, 15) is 30.0 Å². The fourth-order valence-corrected chi connectivity index (χ4v) is 7.55. The van der Waals surface area contributed by atoms with Gasteiger partial charge in [-0.05, 0) is 67.4 Å². The molecule has 0 spiro atoms. The van der Waals surface area contributed by atoms with Crippen molar-refractivity contribution in [3.8, 4) is 0 Å². The third-order valence-corrected chi connectivity index (χ3v) is 8.58. The first-order valence-electron chi connectivity index (χ1n) is 10.7. The molecule has 0 aromatic heterocycles. The zero-order valence-electron chi connectivity index (χ0n) is 17.3. The maximum absolute atomic E-state index is 12.3. The lowest BCUT2D eigenvalue weighted by Crippen LogP contribution is -2.62. The number of ketones is 2. The number of carbonyl (C=O) groups is 2. The van der Waals surface area contributed by atoms with E-state index in [1.807, 2.05) is 13.0 Å². The molecule has 0 heterocycles. The first-order chi connectivity index (χ1) is 13.4. The summed E-state index contributed by atoms with van der Waals surface area (Å²) in [5.41, 5.74) is -1.51. The molecule has 4 N–H and O–H groups in total. The number of aliphatic hydroxyl groups excluding tert-OH is 2. The van der Waals surface area contributed by atoms with Crippen LogP contribution in [0.1, 0.15) is 52.9 Å². The maximum atomic E-state index is 12.3. The molecule has 0 aromatic rings. The van der Waals surface area contributed by atoms with Crippen molar-refractivity contribution in [2.45, 2.75) is 70.9 Å². The standard InChI is InChI=1S/C23H32O6/c1-12-8-14-15-5-7-23(29,19(26)20(27)28)11-21(15,2)10-17(25)18(14)22(3)6-4-13(24)9-16(12)22/h4,6,9,12,14-15,17-18,20,25,27-29H,5,7-8,10-11H2,1-3H3/t12-,14-,15-,17-,18+,21+,22-,23-/m0/s1. The number of allylic oxidation sites excluding steroid dienone is 4. The van der Waals surface area contributed by atoms with Gasteiger partial charge >= 0.3 is 0 Å². The summed E-state index contributed by atoms with van der Waals surface area (Å²) in [7, 11) is 0. The van der Waals surface area contributed by atoms with Gasteiger partial charge in [0.15, 0.2) is 5.78 Å². The largest absolute Gasteiger partial charge is 0.393 e. The SMILES string of the molecule is C[C@H]1C[C@@H]2[C@H]([C@@H](O)C[C@]3(C)C[C@](O)(C(=O)C(O)O)CC[C@@H]23)[C@@]2(C)C=CC(=O)C=C12. The van der Waals surface area contributed by atoms with Crippen LogP contribution in [0, 0.1) is 34.5 Å². The molecule has 0 amide bonds. The van der Waals surface area contributed by atoms with Gasteiger partial charge in [-0.3, -0.25) is 9.59 Å². The molecule has 0 unspecified atom stereocenters. The third kappa shape index (κ3) is 2.99. The van der Waals surface area contributed by atoms with Gasteiger partial charge in [0.2, 0.25) is 12.1 Å². The average molecular weight is 405 g/mol. The highest BCUT2D eigenvalue weighted by molar-refractivity contribution is 6.01.